The molecule has 1 atom stereocenters. The second kappa shape index (κ2) is 10.6. The Labute approximate surface area is 225 Å². The summed E-state index contributed by atoms with van der Waals surface area (Å²) in [4.78, 5) is 27.7. The van der Waals surface area contributed by atoms with Gasteiger partial charge in [-0.05, 0) is 64.7 Å². The van der Waals surface area contributed by atoms with Gasteiger partial charge in [0.05, 0.1) is 15.9 Å². The average Bonchev–Trinajstić information content (AvgIpc) is 3.43. The van der Waals surface area contributed by atoms with E-state index in [4.69, 9.17) is 37.7 Å². The summed E-state index contributed by atoms with van der Waals surface area (Å²) in [6.45, 7) is 7.26. The van der Waals surface area contributed by atoms with Gasteiger partial charge in [-0.25, -0.2) is 19.9 Å². The highest BCUT2D eigenvalue weighted by molar-refractivity contribution is 7.99. The predicted octanol–water partition coefficient (Wildman–Crippen LogP) is 3.35. The van der Waals surface area contributed by atoms with Crippen LogP contribution in [0.4, 0.5) is 5.82 Å². The lowest BCUT2D eigenvalue weighted by Crippen LogP contribution is -2.27. The molecule has 12 heteroatoms. The molecule has 0 spiro atoms. The van der Waals surface area contributed by atoms with Crippen LogP contribution in [0.15, 0.2) is 22.3 Å². The molecule has 5 rings (SSSR count). The first-order valence-corrected chi connectivity index (χ1v) is 13.8. The molecule has 5 heterocycles. The standard InChI is InChI=1S/C25H33ClN10S/c1-5-17-20(26)19-23(31-17)32-25(33-24(19)35-10-7-15(27)13-35)37-16-11-18-21(29-12-16)22(28)36(14(2)30-18)9-6-8-34(3)4/h11-12,15,28H,5-10,13,27H2,1-4H3,(H,31,32,33)/t15-/m1/s1. The summed E-state index contributed by atoms with van der Waals surface area (Å²) in [5.41, 5.74) is 9.55. The fourth-order valence-corrected chi connectivity index (χ4v) is 5.89. The Balaban J connectivity index is 1.49. The highest BCUT2D eigenvalue weighted by atomic mass is 35.5. The molecule has 1 aliphatic heterocycles. The number of fused-ring (bicyclic) bond motifs is 2. The molecule has 0 unspecified atom stereocenters. The molecule has 0 amide bonds. The Bertz CT molecular complexity index is 1510. The fourth-order valence-electron chi connectivity index (χ4n) is 4.77. The first-order chi connectivity index (χ1) is 17.7. The number of nitrogens with one attached hydrogen (secondary N) is 2. The Hall–Kier alpha value is -2.73. The Morgan fingerprint density at radius 3 is 2.81 bits per heavy atom. The molecule has 37 heavy (non-hydrogen) atoms. The number of nitrogens with two attached hydrogens (primary N) is 1. The van der Waals surface area contributed by atoms with E-state index in [1.165, 1.54) is 11.8 Å². The lowest BCUT2D eigenvalue weighted by atomic mass is 10.3. The van der Waals surface area contributed by atoms with E-state index < -0.39 is 0 Å². The number of nitrogens with zero attached hydrogens (tertiary/aromatic N) is 7. The lowest BCUT2D eigenvalue weighted by molar-refractivity contribution is 0.382. The van der Waals surface area contributed by atoms with Crippen molar-refractivity contribution in [2.45, 2.75) is 55.7 Å². The molecule has 0 aliphatic carbocycles. The van der Waals surface area contributed by atoms with Crippen molar-refractivity contribution in [1.29, 1.82) is 5.41 Å². The SMILES string of the molecule is CCc1[nH]c2nc(Sc3cnc4c(=N)n(CCCN(C)C)c(C)nc4c3)nc(N3CC[C@@H](N)C3)c2c1Cl. The van der Waals surface area contributed by atoms with Crippen molar-refractivity contribution in [2.75, 3.05) is 38.6 Å². The van der Waals surface area contributed by atoms with Gasteiger partial charge in [-0.2, -0.15) is 0 Å². The van der Waals surface area contributed by atoms with Crippen LogP contribution in [0.3, 0.4) is 0 Å². The third-order valence-corrected chi connectivity index (χ3v) is 7.95. The third kappa shape index (κ3) is 5.18. The Morgan fingerprint density at radius 2 is 2.11 bits per heavy atom. The number of H-pyrrole nitrogens is 1. The van der Waals surface area contributed by atoms with E-state index in [1.54, 1.807) is 6.20 Å². The molecule has 4 aromatic heterocycles. The Kier molecular flexibility index (Phi) is 7.39. The van der Waals surface area contributed by atoms with Crippen LogP contribution >= 0.6 is 23.4 Å². The molecule has 0 radical (unpaired) electrons. The molecule has 1 aliphatic rings. The molecule has 1 saturated heterocycles. The van der Waals surface area contributed by atoms with Crippen LogP contribution in [-0.4, -0.2) is 74.2 Å². The van der Waals surface area contributed by atoms with Crippen LogP contribution in [0.1, 0.15) is 31.3 Å². The van der Waals surface area contributed by atoms with Gasteiger partial charge in [-0.3, -0.25) is 5.41 Å². The van der Waals surface area contributed by atoms with E-state index in [0.29, 0.717) is 26.7 Å². The predicted molar refractivity (Wildman–Crippen MR) is 148 cm³/mol. The quantitative estimate of drug-likeness (QED) is 0.290. The first kappa shape index (κ1) is 25.9. The Morgan fingerprint density at radius 1 is 1.30 bits per heavy atom. The molecular formula is C25H33ClN10S. The summed E-state index contributed by atoms with van der Waals surface area (Å²) in [6.07, 6.45) is 4.41. The van der Waals surface area contributed by atoms with Gasteiger partial charge in [0.1, 0.15) is 22.8 Å². The molecule has 0 bridgehead atoms. The van der Waals surface area contributed by atoms with Crippen molar-refractivity contribution < 1.29 is 0 Å². The molecule has 0 saturated carbocycles. The molecule has 4 aromatic rings. The molecule has 196 valence electrons. The average molecular weight is 541 g/mol. The van der Waals surface area contributed by atoms with Crippen molar-refractivity contribution in [3.8, 4) is 0 Å². The molecule has 1 fully saturated rings. The van der Waals surface area contributed by atoms with Gasteiger partial charge in [0.15, 0.2) is 10.6 Å². The summed E-state index contributed by atoms with van der Waals surface area (Å²) in [6, 6.07) is 2.08. The highest BCUT2D eigenvalue weighted by Crippen LogP contribution is 2.37. The van der Waals surface area contributed by atoms with E-state index in [-0.39, 0.29) is 6.04 Å². The van der Waals surface area contributed by atoms with E-state index in [9.17, 15) is 0 Å². The maximum atomic E-state index is 8.71. The summed E-state index contributed by atoms with van der Waals surface area (Å²) >= 11 is 8.16. The van der Waals surface area contributed by atoms with Crippen molar-refractivity contribution in [1.82, 2.24) is 34.4 Å². The molecule has 10 nitrogen and oxygen atoms in total. The minimum atomic E-state index is 0.119. The van der Waals surface area contributed by atoms with Crippen LogP contribution < -0.4 is 16.1 Å². The summed E-state index contributed by atoms with van der Waals surface area (Å²) in [5.74, 6) is 1.62. The van der Waals surface area contributed by atoms with E-state index in [1.807, 2.05) is 17.6 Å². The van der Waals surface area contributed by atoms with E-state index in [2.05, 4.69) is 40.8 Å². The zero-order valence-corrected chi connectivity index (χ0v) is 23.2. The second-order valence-electron chi connectivity index (χ2n) is 9.78. The first-order valence-electron chi connectivity index (χ1n) is 12.6. The van der Waals surface area contributed by atoms with Gasteiger partial charge in [-0.1, -0.05) is 18.5 Å². The summed E-state index contributed by atoms with van der Waals surface area (Å²) in [5, 5.41) is 10.8. The van der Waals surface area contributed by atoms with Gasteiger partial charge >= 0.3 is 0 Å². The number of aryl methyl sites for hydroxylation is 2. The number of anilines is 1. The molecule has 0 aromatic carbocycles. The van der Waals surface area contributed by atoms with Gasteiger partial charge in [0, 0.05) is 42.5 Å². The highest BCUT2D eigenvalue weighted by Gasteiger charge is 2.26. The summed E-state index contributed by atoms with van der Waals surface area (Å²) < 4.78 is 1.93. The monoisotopic (exact) mass is 540 g/mol. The van der Waals surface area contributed by atoms with Crippen molar-refractivity contribution in [2.24, 2.45) is 5.73 Å². The van der Waals surface area contributed by atoms with Crippen molar-refractivity contribution in [3.63, 3.8) is 0 Å². The normalized spacial score (nSPS) is 16.1. The van der Waals surface area contributed by atoms with E-state index >= 15 is 0 Å². The van der Waals surface area contributed by atoms with Crippen LogP contribution in [0.2, 0.25) is 5.02 Å². The zero-order valence-electron chi connectivity index (χ0n) is 21.7. The second-order valence-corrected chi connectivity index (χ2v) is 11.2. The molecule has 4 N–H and O–H groups in total. The third-order valence-electron chi connectivity index (χ3n) is 6.71. The number of rotatable bonds is 8. The lowest BCUT2D eigenvalue weighted by Gasteiger charge is -2.18. The number of pyridine rings is 1. The number of halogens is 1. The number of aromatic amines is 1. The van der Waals surface area contributed by atoms with Crippen molar-refractivity contribution in [3.05, 3.63) is 34.3 Å². The largest absolute Gasteiger partial charge is 0.354 e. The minimum absolute atomic E-state index is 0.119. The minimum Gasteiger partial charge on any atom is -0.354 e. The number of hydrogen-bond donors (Lipinski definition) is 3. The van der Waals surface area contributed by atoms with Crippen LogP contribution in [0.25, 0.3) is 22.1 Å². The fraction of sp³-hybridized carbons (Fsp3) is 0.480. The molecular weight excluding hydrogens is 508 g/mol. The van der Waals surface area contributed by atoms with Crippen LogP contribution in [0.5, 0.6) is 0 Å². The van der Waals surface area contributed by atoms with E-state index in [0.717, 1.165) is 78.7 Å². The van der Waals surface area contributed by atoms with Gasteiger partial charge < -0.3 is 25.1 Å². The maximum Gasteiger partial charge on any atom is 0.196 e. The smallest absolute Gasteiger partial charge is 0.196 e. The van der Waals surface area contributed by atoms with Crippen LogP contribution in [-0.2, 0) is 13.0 Å². The van der Waals surface area contributed by atoms with Gasteiger partial charge in [-0.15, -0.1) is 0 Å². The summed E-state index contributed by atoms with van der Waals surface area (Å²) in [7, 11) is 4.10. The maximum absolute atomic E-state index is 8.71. The topological polar surface area (TPSA) is 129 Å². The van der Waals surface area contributed by atoms with Gasteiger partial charge in [0.25, 0.3) is 0 Å². The van der Waals surface area contributed by atoms with Crippen molar-refractivity contribution >= 4 is 51.2 Å². The zero-order chi connectivity index (χ0) is 26.3. The van der Waals surface area contributed by atoms with Gasteiger partial charge in [0.2, 0.25) is 0 Å². The number of hydrogen-bond acceptors (Lipinski definition) is 9. The number of aromatic nitrogens is 6. The van der Waals surface area contributed by atoms with Crippen LogP contribution in [0, 0.1) is 12.3 Å².